The fraction of sp³-hybridized carbons (Fsp3) is 0.429. The largest absolute Gasteiger partial charge is 0.379 e. The normalized spacial score (nSPS) is 16.0. The highest BCUT2D eigenvalue weighted by Gasteiger charge is 2.13. The highest BCUT2D eigenvalue weighted by Crippen LogP contribution is 2.22. The lowest BCUT2D eigenvalue weighted by atomic mass is 10.2. The van der Waals surface area contributed by atoms with Crippen LogP contribution in [0.1, 0.15) is 5.56 Å². The molecule has 5 nitrogen and oxygen atoms in total. The molecule has 1 aliphatic rings. The Bertz CT molecular complexity index is 661. The molecule has 0 saturated carbocycles. The minimum atomic E-state index is 0.730. The maximum atomic E-state index is 5.41. The Kier molecular flexibility index (Phi) is 4.64. The van der Waals surface area contributed by atoms with Crippen LogP contribution >= 0.6 is 23.6 Å². The lowest BCUT2D eigenvalue weighted by Crippen LogP contribution is -2.37. The SMILES string of the molecule is Cc1ccccc1Nc1nn(CN2CCOCC2)c(=S)s1. The monoisotopic (exact) mass is 322 g/mol. The van der Waals surface area contributed by atoms with E-state index in [4.69, 9.17) is 17.0 Å². The van der Waals surface area contributed by atoms with Crippen molar-refractivity contribution in [1.82, 2.24) is 14.7 Å². The minimum absolute atomic E-state index is 0.730. The molecule has 0 spiro atoms. The van der Waals surface area contributed by atoms with E-state index in [1.807, 2.05) is 22.9 Å². The Hall–Kier alpha value is -1.28. The average molecular weight is 322 g/mol. The summed E-state index contributed by atoms with van der Waals surface area (Å²) in [4.78, 5) is 2.30. The van der Waals surface area contributed by atoms with Crippen LogP contribution in [0.25, 0.3) is 0 Å². The van der Waals surface area contributed by atoms with Crippen molar-refractivity contribution in [3.8, 4) is 0 Å². The zero-order valence-corrected chi connectivity index (χ0v) is 13.5. The molecular formula is C14H18N4OS2. The van der Waals surface area contributed by atoms with E-state index in [1.54, 1.807) is 0 Å². The summed E-state index contributed by atoms with van der Waals surface area (Å²) in [7, 11) is 0. The van der Waals surface area contributed by atoms with Gasteiger partial charge in [0.15, 0.2) is 3.95 Å². The third-order valence-corrected chi connectivity index (χ3v) is 4.65. The molecule has 0 atom stereocenters. The molecule has 1 saturated heterocycles. The summed E-state index contributed by atoms with van der Waals surface area (Å²) >= 11 is 6.92. The summed E-state index contributed by atoms with van der Waals surface area (Å²) in [5.41, 5.74) is 2.26. The number of hydrogen-bond donors (Lipinski definition) is 1. The average Bonchev–Trinajstić information content (AvgIpc) is 2.82. The van der Waals surface area contributed by atoms with Gasteiger partial charge in [0.25, 0.3) is 0 Å². The molecule has 0 bridgehead atoms. The van der Waals surface area contributed by atoms with Crippen molar-refractivity contribution in [3.05, 3.63) is 33.8 Å². The van der Waals surface area contributed by atoms with Gasteiger partial charge < -0.3 is 10.1 Å². The zero-order valence-electron chi connectivity index (χ0n) is 11.9. The van der Waals surface area contributed by atoms with Gasteiger partial charge in [-0.05, 0) is 30.8 Å². The topological polar surface area (TPSA) is 42.3 Å². The fourth-order valence-electron chi connectivity index (χ4n) is 2.21. The van der Waals surface area contributed by atoms with Crippen molar-refractivity contribution in [1.29, 1.82) is 0 Å². The first-order valence-corrected chi connectivity index (χ1v) is 8.15. The molecule has 0 unspecified atom stereocenters. The Labute approximate surface area is 133 Å². The van der Waals surface area contributed by atoms with Crippen LogP contribution in [0.2, 0.25) is 0 Å². The maximum Gasteiger partial charge on any atom is 0.209 e. The molecule has 21 heavy (non-hydrogen) atoms. The minimum Gasteiger partial charge on any atom is -0.379 e. The van der Waals surface area contributed by atoms with Crippen molar-refractivity contribution in [2.45, 2.75) is 13.6 Å². The van der Waals surface area contributed by atoms with Gasteiger partial charge in [-0.15, -0.1) is 5.10 Å². The molecule has 7 heteroatoms. The predicted octanol–water partition coefficient (Wildman–Crippen LogP) is 3.02. The van der Waals surface area contributed by atoms with Gasteiger partial charge >= 0.3 is 0 Å². The van der Waals surface area contributed by atoms with Crippen molar-refractivity contribution < 1.29 is 4.74 Å². The van der Waals surface area contributed by atoms with E-state index < -0.39 is 0 Å². The van der Waals surface area contributed by atoms with Crippen LogP contribution in [-0.4, -0.2) is 41.0 Å². The number of benzene rings is 1. The zero-order chi connectivity index (χ0) is 14.7. The van der Waals surface area contributed by atoms with Crippen LogP contribution in [-0.2, 0) is 11.4 Å². The number of aromatic nitrogens is 2. The second-order valence-corrected chi connectivity index (χ2v) is 6.61. The second-order valence-electron chi connectivity index (χ2n) is 4.98. The van der Waals surface area contributed by atoms with Gasteiger partial charge in [-0.3, -0.25) is 4.90 Å². The first kappa shape index (κ1) is 14.6. The van der Waals surface area contributed by atoms with Crippen LogP contribution in [0.5, 0.6) is 0 Å². The van der Waals surface area contributed by atoms with Crippen LogP contribution in [0.15, 0.2) is 24.3 Å². The van der Waals surface area contributed by atoms with E-state index in [2.05, 4.69) is 28.3 Å². The van der Waals surface area contributed by atoms with Crippen LogP contribution in [0.3, 0.4) is 0 Å². The van der Waals surface area contributed by atoms with Crippen LogP contribution < -0.4 is 5.32 Å². The van der Waals surface area contributed by atoms with Crippen molar-refractivity contribution >= 4 is 34.4 Å². The van der Waals surface area contributed by atoms with Crippen molar-refractivity contribution in [3.63, 3.8) is 0 Å². The van der Waals surface area contributed by atoms with E-state index in [0.29, 0.717) is 0 Å². The van der Waals surface area contributed by atoms with Crippen molar-refractivity contribution in [2.24, 2.45) is 0 Å². The summed E-state index contributed by atoms with van der Waals surface area (Å²) in [6, 6.07) is 8.16. The number of anilines is 2. The van der Waals surface area contributed by atoms with Gasteiger partial charge in [0.2, 0.25) is 5.13 Å². The molecule has 2 aromatic rings. The summed E-state index contributed by atoms with van der Waals surface area (Å²) in [5.74, 6) is 0. The summed E-state index contributed by atoms with van der Waals surface area (Å²) < 4.78 is 8.03. The highest BCUT2D eigenvalue weighted by molar-refractivity contribution is 7.73. The lowest BCUT2D eigenvalue weighted by molar-refractivity contribution is 0.0212. The molecule has 0 amide bonds. The molecule has 1 N–H and O–H groups in total. The Morgan fingerprint density at radius 2 is 2.10 bits per heavy atom. The van der Waals surface area contributed by atoms with E-state index in [9.17, 15) is 0 Å². The molecule has 3 rings (SSSR count). The number of aryl methyl sites for hydroxylation is 1. The molecule has 1 aromatic heterocycles. The molecule has 1 aliphatic heterocycles. The molecule has 0 radical (unpaired) electrons. The number of nitrogens with one attached hydrogen (secondary N) is 1. The van der Waals surface area contributed by atoms with Gasteiger partial charge in [-0.1, -0.05) is 29.5 Å². The third kappa shape index (κ3) is 3.68. The van der Waals surface area contributed by atoms with E-state index in [0.717, 1.165) is 47.7 Å². The molecule has 0 aliphatic carbocycles. The number of ether oxygens (including phenoxy) is 1. The number of para-hydroxylation sites is 1. The molecule has 112 valence electrons. The summed E-state index contributed by atoms with van der Waals surface area (Å²) in [5, 5.41) is 8.76. The third-order valence-electron chi connectivity index (χ3n) is 3.43. The number of rotatable bonds is 4. The first-order valence-electron chi connectivity index (χ1n) is 6.93. The molecule has 1 fully saturated rings. The highest BCUT2D eigenvalue weighted by atomic mass is 32.1. The second kappa shape index (κ2) is 6.65. The van der Waals surface area contributed by atoms with Gasteiger partial charge in [0, 0.05) is 18.8 Å². The Morgan fingerprint density at radius 1 is 1.33 bits per heavy atom. The van der Waals surface area contributed by atoms with E-state index in [-0.39, 0.29) is 0 Å². The quantitative estimate of drug-likeness (QED) is 0.877. The summed E-state index contributed by atoms with van der Waals surface area (Å²) in [6.07, 6.45) is 0. The van der Waals surface area contributed by atoms with Gasteiger partial charge in [0.05, 0.1) is 19.9 Å². The Balaban J connectivity index is 1.72. The number of nitrogens with zero attached hydrogens (tertiary/aromatic N) is 3. The molecular weight excluding hydrogens is 304 g/mol. The van der Waals surface area contributed by atoms with Crippen LogP contribution in [0.4, 0.5) is 10.8 Å². The standard InChI is InChI=1S/C14H18N4OS2/c1-11-4-2-3-5-12(11)15-13-16-18(14(20)21-13)10-17-6-8-19-9-7-17/h2-5H,6-10H2,1H3,(H,15,16). The van der Waals surface area contributed by atoms with Gasteiger partial charge in [-0.2, -0.15) is 0 Å². The van der Waals surface area contributed by atoms with E-state index >= 15 is 0 Å². The maximum absolute atomic E-state index is 5.41. The van der Waals surface area contributed by atoms with Crippen LogP contribution in [0, 0.1) is 10.9 Å². The predicted molar refractivity (Wildman–Crippen MR) is 87.8 cm³/mol. The first-order chi connectivity index (χ1) is 10.2. The molecule has 2 heterocycles. The van der Waals surface area contributed by atoms with Crippen molar-refractivity contribution in [2.75, 3.05) is 31.6 Å². The smallest absolute Gasteiger partial charge is 0.209 e. The molecule has 1 aromatic carbocycles. The van der Waals surface area contributed by atoms with Gasteiger partial charge in [0.1, 0.15) is 0 Å². The summed E-state index contributed by atoms with van der Waals surface area (Å²) in [6.45, 7) is 6.23. The lowest BCUT2D eigenvalue weighted by Gasteiger charge is -2.26. The number of hydrogen-bond acceptors (Lipinski definition) is 6. The van der Waals surface area contributed by atoms with E-state index in [1.165, 1.54) is 16.9 Å². The number of morpholine rings is 1. The van der Waals surface area contributed by atoms with Gasteiger partial charge in [-0.25, -0.2) is 4.68 Å². The Morgan fingerprint density at radius 3 is 2.86 bits per heavy atom. The fourth-order valence-corrected chi connectivity index (χ4v) is 3.21.